The van der Waals surface area contributed by atoms with Crippen LogP contribution in [0.4, 0.5) is 5.69 Å². The number of hydrogen-bond acceptors (Lipinski definition) is 5. The van der Waals surface area contributed by atoms with Crippen molar-refractivity contribution in [1.29, 1.82) is 5.26 Å². The summed E-state index contributed by atoms with van der Waals surface area (Å²) >= 11 is 0. The molecule has 3 aromatic carbocycles. The second-order valence-electron chi connectivity index (χ2n) is 6.66. The number of nitrogens with zero attached hydrogens (tertiary/aromatic N) is 2. The largest absolute Gasteiger partial charge is 0.489 e. The molecular formula is C25H22N2O4. The Kier molecular flexibility index (Phi) is 7.78. The molecule has 0 heterocycles. The zero-order chi connectivity index (χ0) is 21.9. The summed E-state index contributed by atoms with van der Waals surface area (Å²) in [5, 5.41) is 8.85. The molecule has 0 unspecified atom stereocenters. The van der Waals surface area contributed by atoms with E-state index in [1.807, 2.05) is 42.5 Å². The van der Waals surface area contributed by atoms with E-state index < -0.39 is 18.5 Å². The van der Waals surface area contributed by atoms with Gasteiger partial charge in [0.25, 0.3) is 5.91 Å². The summed E-state index contributed by atoms with van der Waals surface area (Å²) in [7, 11) is 0. The molecule has 0 fully saturated rings. The van der Waals surface area contributed by atoms with E-state index >= 15 is 0 Å². The smallest absolute Gasteiger partial charge is 0.338 e. The Bertz CT molecular complexity index is 1030. The minimum absolute atomic E-state index is 0.180. The number of rotatable bonds is 9. The number of carbonyl (C=O) groups is 2. The fourth-order valence-electron chi connectivity index (χ4n) is 2.88. The van der Waals surface area contributed by atoms with Crippen LogP contribution in [0.15, 0.2) is 84.9 Å². The minimum Gasteiger partial charge on any atom is -0.489 e. The van der Waals surface area contributed by atoms with E-state index in [9.17, 15) is 9.59 Å². The van der Waals surface area contributed by atoms with Crippen LogP contribution in [-0.2, 0) is 16.1 Å². The lowest BCUT2D eigenvalue weighted by Crippen LogP contribution is -2.35. The molecule has 0 radical (unpaired) electrons. The van der Waals surface area contributed by atoms with E-state index in [0.717, 1.165) is 5.56 Å². The number of anilines is 1. The SMILES string of the molecule is N#CCCN(C(=O)COC(=O)c1ccc(OCc2ccccc2)cc1)c1ccccc1. The third kappa shape index (κ3) is 6.44. The van der Waals surface area contributed by atoms with Gasteiger partial charge in [0, 0.05) is 12.2 Å². The molecule has 0 spiro atoms. The zero-order valence-corrected chi connectivity index (χ0v) is 16.9. The van der Waals surface area contributed by atoms with Gasteiger partial charge in [0.15, 0.2) is 6.61 Å². The number of ether oxygens (including phenoxy) is 2. The highest BCUT2D eigenvalue weighted by Gasteiger charge is 2.18. The normalized spacial score (nSPS) is 10.0. The summed E-state index contributed by atoms with van der Waals surface area (Å²) in [6, 6.07) is 27.3. The molecule has 0 saturated heterocycles. The first-order valence-corrected chi connectivity index (χ1v) is 9.83. The number of carbonyl (C=O) groups excluding carboxylic acids is 2. The molecule has 0 aliphatic heterocycles. The van der Waals surface area contributed by atoms with Crippen molar-refractivity contribution in [3.05, 3.63) is 96.1 Å². The van der Waals surface area contributed by atoms with Crippen LogP contribution < -0.4 is 9.64 Å². The predicted molar refractivity (Wildman–Crippen MR) is 117 cm³/mol. The minimum atomic E-state index is -0.601. The first-order chi connectivity index (χ1) is 15.2. The van der Waals surface area contributed by atoms with E-state index in [4.69, 9.17) is 14.7 Å². The molecule has 0 N–H and O–H groups in total. The first-order valence-electron chi connectivity index (χ1n) is 9.83. The molecule has 0 aromatic heterocycles. The van der Waals surface area contributed by atoms with Gasteiger partial charge < -0.3 is 14.4 Å². The van der Waals surface area contributed by atoms with Crippen LogP contribution in [0.5, 0.6) is 5.75 Å². The lowest BCUT2D eigenvalue weighted by atomic mass is 10.2. The van der Waals surface area contributed by atoms with Gasteiger partial charge in [0.2, 0.25) is 0 Å². The number of benzene rings is 3. The Morgan fingerprint density at radius 1 is 0.871 bits per heavy atom. The second kappa shape index (κ2) is 11.2. The van der Waals surface area contributed by atoms with E-state index in [-0.39, 0.29) is 13.0 Å². The highest BCUT2D eigenvalue weighted by Crippen LogP contribution is 2.16. The van der Waals surface area contributed by atoms with Crippen LogP contribution in [0, 0.1) is 11.3 Å². The third-order valence-corrected chi connectivity index (χ3v) is 4.48. The van der Waals surface area contributed by atoms with Crippen LogP contribution in [0.1, 0.15) is 22.3 Å². The molecule has 31 heavy (non-hydrogen) atoms. The van der Waals surface area contributed by atoms with E-state index in [0.29, 0.717) is 23.6 Å². The van der Waals surface area contributed by atoms with Gasteiger partial charge in [0.05, 0.1) is 18.1 Å². The molecule has 156 valence electrons. The Hall–Kier alpha value is -4.11. The maximum atomic E-state index is 12.6. The van der Waals surface area contributed by atoms with Crippen LogP contribution in [0.2, 0.25) is 0 Å². The number of esters is 1. The highest BCUT2D eigenvalue weighted by molar-refractivity contribution is 5.97. The van der Waals surface area contributed by atoms with Gasteiger partial charge >= 0.3 is 5.97 Å². The van der Waals surface area contributed by atoms with Crippen LogP contribution >= 0.6 is 0 Å². The van der Waals surface area contributed by atoms with E-state index in [1.54, 1.807) is 48.5 Å². The molecular weight excluding hydrogens is 392 g/mol. The second-order valence-corrected chi connectivity index (χ2v) is 6.66. The number of para-hydroxylation sites is 1. The van der Waals surface area contributed by atoms with Crippen molar-refractivity contribution in [2.75, 3.05) is 18.1 Å². The number of nitriles is 1. The molecule has 3 aromatic rings. The summed E-state index contributed by atoms with van der Waals surface area (Å²) < 4.78 is 10.9. The van der Waals surface area contributed by atoms with E-state index in [1.165, 1.54) is 4.90 Å². The molecule has 3 rings (SSSR count). The van der Waals surface area contributed by atoms with Crippen molar-refractivity contribution in [3.63, 3.8) is 0 Å². The van der Waals surface area contributed by atoms with Gasteiger partial charge in [-0.25, -0.2) is 4.79 Å². The molecule has 6 nitrogen and oxygen atoms in total. The molecule has 0 saturated carbocycles. The molecule has 0 atom stereocenters. The van der Waals surface area contributed by atoms with Gasteiger partial charge in [0.1, 0.15) is 12.4 Å². The van der Waals surface area contributed by atoms with Gasteiger partial charge in [-0.3, -0.25) is 4.79 Å². The standard InChI is InChI=1S/C25H22N2O4/c26-16-7-17-27(22-10-5-2-6-11-22)24(28)19-31-25(29)21-12-14-23(15-13-21)30-18-20-8-3-1-4-9-20/h1-6,8-15H,7,17-19H2. The van der Waals surface area contributed by atoms with Crippen molar-refractivity contribution in [3.8, 4) is 11.8 Å². The summed E-state index contributed by atoms with van der Waals surface area (Å²) in [4.78, 5) is 26.3. The third-order valence-electron chi connectivity index (χ3n) is 4.48. The highest BCUT2D eigenvalue weighted by atomic mass is 16.5. The van der Waals surface area contributed by atoms with Gasteiger partial charge in [-0.1, -0.05) is 48.5 Å². The maximum absolute atomic E-state index is 12.6. The lowest BCUT2D eigenvalue weighted by molar-refractivity contribution is -0.121. The van der Waals surface area contributed by atoms with E-state index in [2.05, 4.69) is 0 Å². The van der Waals surface area contributed by atoms with Crippen molar-refractivity contribution in [2.45, 2.75) is 13.0 Å². The Labute approximate surface area is 181 Å². The Morgan fingerprint density at radius 3 is 2.16 bits per heavy atom. The van der Waals surface area contributed by atoms with Crippen molar-refractivity contribution < 1.29 is 19.1 Å². The zero-order valence-electron chi connectivity index (χ0n) is 16.9. The number of amides is 1. The van der Waals surface area contributed by atoms with Crippen molar-refractivity contribution in [2.24, 2.45) is 0 Å². The Balaban J connectivity index is 1.54. The van der Waals surface area contributed by atoms with Gasteiger partial charge in [-0.15, -0.1) is 0 Å². The number of hydrogen-bond donors (Lipinski definition) is 0. The quantitative estimate of drug-likeness (QED) is 0.486. The Morgan fingerprint density at radius 2 is 1.52 bits per heavy atom. The average Bonchev–Trinajstić information content (AvgIpc) is 2.83. The monoisotopic (exact) mass is 414 g/mol. The predicted octanol–water partition coefficient (Wildman–Crippen LogP) is 4.37. The van der Waals surface area contributed by atoms with Crippen LogP contribution in [0.3, 0.4) is 0 Å². The van der Waals surface area contributed by atoms with Crippen LogP contribution in [-0.4, -0.2) is 25.0 Å². The molecule has 0 aliphatic rings. The topological polar surface area (TPSA) is 79.6 Å². The first kappa shape index (κ1) is 21.6. The maximum Gasteiger partial charge on any atom is 0.338 e. The molecule has 0 bridgehead atoms. The van der Waals surface area contributed by atoms with Gasteiger partial charge in [-0.2, -0.15) is 5.26 Å². The molecule has 1 amide bonds. The fourth-order valence-corrected chi connectivity index (χ4v) is 2.88. The average molecular weight is 414 g/mol. The molecule has 6 heteroatoms. The van der Waals surface area contributed by atoms with Crippen molar-refractivity contribution in [1.82, 2.24) is 0 Å². The summed E-state index contributed by atoms with van der Waals surface area (Å²) in [6.45, 7) is 0.243. The summed E-state index contributed by atoms with van der Waals surface area (Å²) in [5.41, 5.74) is 2.02. The molecule has 0 aliphatic carbocycles. The lowest BCUT2D eigenvalue weighted by Gasteiger charge is -2.21. The van der Waals surface area contributed by atoms with Gasteiger partial charge in [-0.05, 0) is 42.0 Å². The summed E-state index contributed by atoms with van der Waals surface area (Å²) in [6.07, 6.45) is 0.180. The van der Waals surface area contributed by atoms with Crippen molar-refractivity contribution >= 4 is 17.6 Å². The van der Waals surface area contributed by atoms with Crippen LogP contribution in [0.25, 0.3) is 0 Å². The fraction of sp³-hybridized carbons (Fsp3) is 0.160. The summed E-state index contributed by atoms with van der Waals surface area (Å²) in [5.74, 6) is -0.364.